The third-order valence-corrected chi connectivity index (χ3v) is 7.13. The van der Waals surface area contributed by atoms with E-state index in [0.717, 1.165) is 16.9 Å². The van der Waals surface area contributed by atoms with Crippen LogP contribution in [-0.4, -0.2) is 36.5 Å². The van der Waals surface area contributed by atoms with Crippen molar-refractivity contribution in [2.24, 2.45) is 0 Å². The lowest BCUT2D eigenvalue weighted by molar-refractivity contribution is 0.0126. The summed E-state index contributed by atoms with van der Waals surface area (Å²) in [5, 5.41) is 9.84. The summed E-state index contributed by atoms with van der Waals surface area (Å²) in [6, 6.07) is 1.61. The molecule has 0 unspecified atom stereocenters. The highest BCUT2D eigenvalue weighted by Crippen LogP contribution is 2.33. The van der Waals surface area contributed by atoms with Crippen LogP contribution < -0.4 is 0 Å². The van der Waals surface area contributed by atoms with Crippen LogP contribution in [0.4, 0.5) is 0 Å². The van der Waals surface area contributed by atoms with Crippen LogP contribution in [0.3, 0.4) is 0 Å². The summed E-state index contributed by atoms with van der Waals surface area (Å²) in [5.74, 6) is 0. The minimum absolute atomic E-state index is 0.284. The number of aliphatic hydroxyl groups is 1. The molecule has 1 aliphatic rings. The minimum Gasteiger partial charge on any atom is -0.390 e. The molecule has 1 aromatic heterocycles. The molecule has 0 aromatic carbocycles. The smallest absolute Gasteiger partial charge is 0.252 e. The number of sulfonamides is 1. The first-order chi connectivity index (χ1) is 8.22. The van der Waals surface area contributed by atoms with Gasteiger partial charge in [-0.15, -0.1) is 11.3 Å². The Morgan fingerprint density at radius 2 is 2.00 bits per heavy atom. The summed E-state index contributed by atoms with van der Waals surface area (Å²) in [6.45, 7) is 4.23. The predicted octanol–water partition coefficient (Wildman–Crippen LogP) is 2.25. The Bertz CT molecular complexity index is 521. The van der Waals surface area contributed by atoms with E-state index < -0.39 is 15.6 Å². The van der Waals surface area contributed by atoms with E-state index in [0.29, 0.717) is 30.3 Å². The normalized spacial score (nSPS) is 21.1. The molecule has 1 aliphatic heterocycles. The zero-order valence-corrected chi connectivity index (χ0v) is 12.7. The van der Waals surface area contributed by atoms with E-state index in [1.807, 2.05) is 0 Å². The number of thiophene rings is 1. The third-order valence-electron chi connectivity index (χ3n) is 3.23. The number of hydrogen-bond acceptors (Lipinski definition) is 4. The molecule has 18 heavy (non-hydrogen) atoms. The van der Waals surface area contributed by atoms with Crippen molar-refractivity contribution in [1.82, 2.24) is 4.31 Å². The van der Waals surface area contributed by atoms with E-state index in [4.69, 9.17) is 11.6 Å². The Kier molecular flexibility index (Phi) is 3.77. The fourth-order valence-corrected chi connectivity index (χ4v) is 5.20. The monoisotopic (exact) mass is 309 g/mol. The van der Waals surface area contributed by atoms with Crippen molar-refractivity contribution in [3.05, 3.63) is 16.0 Å². The average Bonchev–Trinajstić information content (AvgIpc) is 2.59. The Morgan fingerprint density at radius 3 is 2.44 bits per heavy atom. The highest BCUT2D eigenvalue weighted by atomic mass is 35.5. The summed E-state index contributed by atoms with van der Waals surface area (Å²) < 4.78 is 26.9. The third kappa shape index (κ3) is 2.72. The van der Waals surface area contributed by atoms with Crippen molar-refractivity contribution in [1.29, 1.82) is 0 Å². The topological polar surface area (TPSA) is 57.6 Å². The zero-order chi connectivity index (χ0) is 13.6. The first-order valence-electron chi connectivity index (χ1n) is 5.71. The molecular formula is C11H16ClNO3S2. The Balaban J connectivity index is 2.22. The quantitative estimate of drug-likeness (QED) is 0.911. The molecule has 7 heteroatoms. The number of nitrogens with zero attached hydrogens (tertiary/aromatic N) is 1. The molecule has 1 fully saturated rings. The summed E-state index contributed by atoms with van der Waals surface area (Å²) in [4.78, 5) is 0. The van der Waals surface area contributed by atoms with Crippen LogP contribution in [0.15, 0.2) is 10.3 Å². The van der Waals surface area contributed by atoms with Crippen LogP contribution in [0.2, 0.25) is 4.34 Å². The van der Waals surface area contributed by atoms with Gasteiger partial charge >= 0.3 is 0 Å². The van der Waals surface area contributed by atoms with E-state index in [1.165, 1.54) is 4.31 Å². The summed E-state index contributed by atoms with van der Waals surface area (Å²) >= 11 is 7.00. The fraction of sp³-hybridized carbons (Fsp3) is 0.636. The molecule has 0 bridgehead atoms. The first-order valence-corrected chi connectivity index (χ1v) is 8.34. The van der Waals surface area contributed by atoms with Crippen molar-refractivity contribution in [2.45, 2.75) is 36.5 Å². The highest BCUT2D eigenvalue weighted by Gasteiger charge is 2.34. The Hall–Kier alpha value is -0.140. The van der Waals surface area contributed by atoms with Gasteiger partial charge in [0, 0.05) is 13.1 Å². The molecule has 0 amide bonds. The second-order valence-corrected chi connectivity index (χ2v) is 8.74. The van der Waals surface area contributed by atoms with E-state index >= 15 is 0 Å². The second kappa shape index (κ2) is 4.76. The fourth-order valence-electron chi connectivity index (χ4n) is 1.89. The number of halogens is 1. The SMILES string of the molecule is Cc1cc(S(=O)(=O)N2CCC(C)(O)CC2)sc1Cl. The summed E-state index contributed by atoms with van der Waals surface area (Å²) in [6.07, 6.45) is 0.925. The molecule has 0 atom stereocenters. The highest BCUT2D eigenvalue weighted by molar-refractivity contribution is 7.91. The van der Waals surface area contributed by atoms with Crippen LogP contribution >= 0.6 is 22.9 Å². The zero-order valence-electron chi connectivity index (χ0n) is 10.3. The molecule has 0 saturated carbocycles. The van der Waals surface area contributed by atoms with Gasteiger partial charge in [-0.3, -0.25) is 0 Å². The van der Waals surface area contributed by atoms with Gasteiger partial charge in [0.25, 0.3) is 10.0 Å². The van der Waals surface area contributed by atoms with E-state index in [-0.39, 0.29) is 4.21 Å². The van der Waals surface area contributed by atoms with E-state index in [1.54, 1.807) is 19.9 Å². The van der Waals surface area contributed by atoms with Crippen LogP contribution in [0.25, 0.3) is 0 Å². The Morgan fingerprint density at radius 1 is 1.44 bits per heavy atom. The number of hydrogen-bond donors (Lipinski definition) is 1. The summed E-state index contributed by atoms with van der Waals surface area (Å²) in [5.41, 5.74) is 0.0268. The maximum absolute atomic E-state index is 12.4. The maximum atomic E-state index is 12.4. The van der Waals surface area contributed by atoms with Gasteiger partial charge in [0.05, 0.1) is 9.94 Å². The van der Waals surface area contributed by atoms with Crippen molar-refractivity contribution >= 4 is 33.0 Å². The van der Waals surface area contributed by atoms with Crippen LogP contribution in [-0.2, 0) is 10.0 Å². The molecule has 0 aliphatic carbocycles. The van der Waals surface area contributed by atoms with Gasteiger partial charge in [-0.1, -0.05) is 11.6 Å². The standard InChI is InChI=1S/C11H16ClNO3S2/c1-8-7-9(17-10(8)12)18(15,16)13-5-3-11(2,14)4-6-13/h7,14H,3-6H2,1-2H3. The first kappa shape index (κ1) is 14.3. The molecule has 1 saturated heterocycles. The van der Waals surface area contributed by atoms with Gasteiger partial charge in [-0.25, -0.2) is 8.42 Å². The maximum Gasteiger partial charge on any atom is 0.252 e. The number of piperidine rings is 1. The molecule has 2 heterocycles. The van der Waals surface area contributed by atoms with E-state index in [2.05, 4.69) is 0 Å². The van der Waals surface area contributed by atoms with Gasteiger partial charge in [-0.05, 0) is 38.3 Å². The lowest BCUT2D eigenvalue weighted by Crippen LogP contribution is -2.44. The molecule has 1 N–H and O–H groups in total. The predicted molar refractivity (Wildman–Crippen MR) is 72.7 cm³/mol. The molecule has 0 spiro atoms. The van der Waals surface area contributed by atoms with Crippen molar-refractivity contribution in [3.63, 3.8) is 0 Å². The Labute approximate surface area is 116 Å². The molecule has 102 valence electrons. The molecule has 0 radical (unpaired) electrons. The van der Waals surface area contributed by atoms with Crippen LogP contribution in [0.5, 0.6) is 0 Å². The second-order valence-electron chi connectivity index (χ2n) is 4.92. The number of aryl methyl sites for hydroxylation is 1. The lowest BCUT2D eigenvalue weighted by Gasteiger charge is -2.34. The van der Waals surface area contributed by atoms with Gasteiger partial charge in [0.15, 0.2) is 0 Å². The van der Waals surface area contributed by atoms with Crippen LogP contribution in [0, 0.1) is 6.92 Å². The average molecular weight is 310 g/mol. The molecule has 4 nitrogen and oxygen atoms in total. The van der Waals surface area contributed by atoms with Crippen LogP contribution in [0.1, 0.15) is 25.3 Å². The molecular weight excluding hydrogens is 294 g/mol. The van der Waals surface area contributed by atoms with Gasteiger partial charge < -0.3 is 5.11 Å². The molecule has 1 aromatic rings. The minimum atomic E-state index is -3.46. The number of rotatable bonds is 2. The van der Waals surface area contributed by atoms with Crippen molar-refractivity contribution < 1.29 is 13.5 Å². The summed E-state index contributed by atoms with van der Waals surface area (Å²) in [7, 11) is -3.46. The molecule has 2 rings (SSSR count). The van der Waals surface area contributed by atoms with E-state index in [9.17, 15) is 13.5 Å². The van der Waals surface area contributed by atoms with Crippen molar-refractivity contribution in [3.8, 4) is 0 Å². The largest absolute Gasteiger partial charge is 0.390 e. The lowest BCUT2D eigenvalue weighted by atomic mass is 9.95. The van der Waals surface area contributed by atoms with Gasteiger partial charge in [0.1, 0.15) is 4.21 Å². The van der Waals surface area contributed by atoms with Gasteiger partial charge in [0.2, 0.25) is 0 Å². The van der Waals surface area contributed by atoms with Crippen molar-refractivity contribution in [2.75, 3.05) is 13.1 Å². The van der Waals surface area contributed by atoms with Gasteiger partial charge in [-0.2, -0.15) is 4.31 Å².